The van der Waals surface area contributed by atoms with Crippen molar-refractivity contribution in [3.05, 3.63) is 47.2 Å². The predicted octanol–water partition coefficient (Wildman–Crippen LogP) is 1.42. The van der Waals surface area contributed by atoms with E-state index in [9.17, 15) is 19.2 Å². The Labute approximate surface area is 199 Å². The molecule has 0 spiro atoms. The molecule has 0 aromatic heterocycles. The Morgan fingerprint density at radius 3 is 2.09 bits per heavy atom. The molecule has 0 saturated heterocycles. The number of carbonyl (C=O) groups is 4. The predicted molar refractivity (Wildman–Crippen MR) is 122 cm³/mol. The first-order valence-electron chi connectivity index (χ1n) is 10.5. The molecule has 0 fully saturated rings. The zero-order valence-corrected chi connectivity index (χ0v) is 20.7. The van der Waals surface area contributed by atoms with E-state index in [2.05, 4.69) is 10.7 Å². The van der Waals surface area contributed by atoms with Gasteiger partial charge in [0.15, 0.2) is 0 Å². The molecule has 1 aliphatic rings. The van der Waals surface area contributed by atoms with Crippen LogP contribution in [-0.4, -0.2) is 79.5 Å². The Morgan fingerprint density at radius 1 is 1.03 bits per heavy atom. The Bertz CT molecular complexity index is 985. The number of esters is 2. The normalized spacial score (nSPS) is 20.1. The van der Waals surface area contributed by atoms with Crippen molar-refractivity contribution in [1.29, 1.82) is 0 Å². The molecule has 0 radical (unpaired) electrons. The summed E-state index contributed by atoms with van der Waals surface area (Å²) in [6.45, 7) is 6.60. The lowest BCUT2D eigenvalue weighted by Crippen LogP contribution is -2.70. The van der Waals surface area contributed by atoms with Crippen LogP contribution in [0.3, 0.4) is 0 Å². The number of hydrazine groups is 1. The van der Waals surface area contributed by atoms with Crippen LogP contribution in [0.4, 0.5) is 4.79 Å². The highest BCUT2D eigenvalue weighted by atomic mass is 16.6. The van der Waals surface area contributed by atoms with Gasteiger partial charge in [-0.3, -0.25) is 14.7 Å². The molecule has 1 heterocycles. The second kappa shape index (κ2) is 10.1. The van der Waals surface area contributed by atoms with E-state index in [1.165, 1.54) is 11.9 Å². The van der Waals surface area contributed by atoms with Gasteiger partial charge in [0.1, 0.15) is 11.8 Å². The van der Waals surface area contributed by atoms with Gasteiger partial charge in [0.25, 0.3) is 5.91 Å². The van der Waals surface area contributed by atoms with Crippen molar-refractivity contribution >= 4 is 23.9 Å². The summed E-state index contributed by atoms with van der Waals surface area (Å²) in [6.07, 6.45) is -1.94. The Morgan fingerprint density at radius 2 is 1.62 bits per heavy atom. The molecule has 11 heteroatoms. The van der Waals surface area contributed by atoms with E-state index in [4.69, 9.17) is 14.2 Å². The number of likely N-dealkylation sites (N-methyl/N-ethyl adjacent to an activating group) is 1. The monoisotopic (exact) mass is 476 g/mol. The standard InChI is InChI=1S/C23H32N4O7/c1-14-16(18(29)32-7)23(20(30)33-8,24-17(28)15-12-10-9-11-13-15)19(26(5)6)27(14)25-21(31)34-22(2,3)4/h9-13,19H,1-8H3,(H,24,28)(H,25,31)/t19-,23+/m1/s1. The van der Waals surface area contributed by atoms with Crippen LogP contribution < -0.4 is 10.7 Å². The van der Waals surface area contributed by atoms with Crippen molar-refractivity contribution < 1.29 is 33.4 Å². The van der Waals surface area contributed by atoms with Crippen molar-refractivity contribution in [2.75, 3.05) is 28.3 Å². The minimum atomic E-state index is -2.06. The van der Waals surface area contributed by atoms with E-state index in [0.717, 1.165) is 14.2 Å². The van der Waals surface area contributed by atoms with Gasteiger partial charge < -0.3 is 19.5 Å². The Kier molecular flexibility index (Phi) is 7.93. The molecule has 0 aliphatic carbocycles. The average Bonchev–Trinajstić information content (AvgIpc) is 3.00. The molecular formula is C23H32N4O7. The van der Waals surface area contributed by atoms with Gasteiger partial charge in [-0.05, 0) is 53.9 Å². The first kappa shape index (κ1) is 26.7. The van der Waals surface area contributed by atoms with Crippen LogP contribution in [0.5, 0.6) is 0 Å². The fourth-order valence-electron chi connectivity index (χ4n) is 3.87. The Hall–Kier alpha value is -3.60. The van der Waals surface area contributed by atoms with Crippen LogP contribution in [0, 0.1) is 0 Å². The maximum Gasteiger partial charge on any atom is 0.426 e. The molecule has 2 N–H and O–H groups in total. The molecule has 0 unspecified atom stereocenters. The van der Waals surface area contributed by atoms with E-state index in [1.54, 1.807) is 70.1 Å². The molecule has 34 heavy (non-hydrogen) atoms. The number of amides is 2. The van der Waals surface area contributed by atoms with Crippen LogP contribution >= 0.6 is 0 Å². The SMILES string of the molecule is COC(=O)C1=C(C)N(NC(=O)OC(C)(C)C)[C@@H](N(C)C)[C@]1(NC(=O)c1ccccc1)C(=O)OC. The van der Waals surface area contributed by atoms with E-state index >= 15 is 0 Å². The van der Waals surface area contributed by atoms with E-state index in [1.807, 2.05) is 0 Å². The van der Waals surface area contributed by atoms with E-state index in [-0.39, 0.29) is 16.8 Å². The maximum atomic E-state index is 13.4. The zero-order valence-electron chi connectivity index (χ0n) is 20.7. The van der Waals surface area contributed by atoms with E-state index < -0.39 is 41.2 Å². The number of nitrogens with zero attached hydrogens (tertiary/aromatic N) is 2. The van der Waals surface area contributed by atoms with Gasteiger partial charge in [-0.15, -0.1) is 0 Å². The summed E-state index contributed by atoms with van der Waals surface area (Å²) in [5.74, 6) is -2.44. The van der Waals surface area contributed by atoms with Crippen LogP contribution in [0.25, 0.3) is 0 Å². The summed E-state index contributed by atoms with van der Waals surface area (Å²) in [5.41, 5.74) is -0.0625. The number of ether oxygens (including phenoxy) is 3. The third kappa shape index (κ3) is 5.14. The quantitative estimate of drug-likeness (QED) is 0.463. The zero-order chi connectivity index (χ0) is 25.8. The third-order valence-corrected chi connectivity index (χ3v) is 5.09. The lowest BCUT2D eigenvalue weighted by atomic mass is 9.87. The molecule has 2 rings (SSSR count). The van der Waals surface area contributed by atoms with Crippen LogP contribution in [0.2, 0.25) is 0 Å². The van der Waals surface area contributed by atoms with E-state index in [0.29, 0.717) is 0 Å². The van der Waals surface area contributed by atoms with Gasteiger partial charge in [-0.25, -0.2) is 19.8 Å². The molecule has 1 aromatic carbocycles. The number of benzene rings is 1. The fourth-order valence-corrected chi connectivity index (χ4v) is 3.87. The molecule has 2 amide bonds. The summed E-state index contributed by atoms with van der Waals surface area (Å²) >= 11 is 0. The summed E-state index contributed by atoms with van der Waals surface area (Å²) in [6, 6.07) is 8.19. The lowest BCUT2D eigenvalue weighted by molar-refractivity contribution is -0.154. The smallest absolute Gasteiger partial charge is 0.426 e. The molecular weight excluding hydrogens is 444 g/mol. The summed E-state index contributed by atoms with van der Waals surface area (Å²) in [4.78, 5) is 53.8. The number of nitrogens with one attached hydrogen (secondary N) is 2. The number of allylic oxidation sites excluding steroid dienone is 1. The maximum absolute atomic E-state index is 13.4. The van der Waals surface area contributed by atoms with Gasteiger partial charge in [0, 0.05) is 11.3 Å². The second-order valence-electron chi connectivity index (χ2n) is 8.89. The van der Waals surface area contributed by atoms with Crippen LogP contribution in [-0.2, 0) is 23.8 Å². The molecule has 186 valence electrons. The van der Waals surface area contributed by atoms with Crippen molar-refractivity contribution in [3.8, 4) is 0 Å². The van der Waals surface area contributed by atoms with Crippen LogP contribution in [0.1, 0.15) is 38.1 Å². The summed E-state index contributed by atoms with van der Waals surface area (Å²) in [5, 5.41) is 3.97. The summed E-state index contributed by atoms with van der Waals surface area (Å²) in [7, 11) is 5.53. The van der Waals surface area contributed by atoms with Gasteiger partial charge in [0.05, 0.1) is 19.8 Å². The van der Waals surface area contributed by atoms with Crippen molar-refractivity contribution in [1.82, 2.24) is 20.7 Å². The minimum absolute atomic E-state index is 0.162. The Balaban J connectivity index is 2.70. The second-order valence-corrected chi connectivity index (χ2v) is 8.89. The first-order chi connectivity index (χ1) is 15.8. The largest absolute Gasteiger partial charge is 0.467 e. The highest BCUT2D eigenvalue weighted by molar-refractivity contribution is 6.07. The molecule has 11 nitrogen and oxygen atoms in total. The average molecular weight is 477 g/mol. The lowest BCUT2D eigenvalue weighted by Gasteiger charge is -2.41. The number of hydrogen-bond donors (Lipinski definition) is 2. The molecule has 1 aliphatic heterocycles. The van der Waals surface area contributed by atoms with Crippen molar-refractivity contribution in [2.24, 2.45) is 0 Å². The number of carbonyl (C=O) groups excluding carboxylic acids is 4. The molecule has 0 bridgehead atoms. The van der Waals surface area contributed by atoms with Crippen molar-refractivity contribution in [2.45, 2.75) is 45.0 Å². The van der Waals surface area contributed by atoms with Gasteiger partial charge in [-0.1, -0.05) is 18.2 Å². The summed E-state index contributed by atoms with van der Waals surface area (Å²) < 4.78 is 15.4. The van der Waals surface area contributed by atoms with Crippen molar-refractivity contribution in [3.63, 3.8) is 0 Å². The number of methoxy groups -OCH3 is 2. The third-order valence-electron chi connectivity index (χ3n) is 5.09. The highest BCUT2D eigenvalue weighted by Crippen LogP contribution is 2.39. The molecule has 1 aromatic rings. The number of hydrogen-bond acceptors (Lipinski definition) is 9. The minimum Gasteiger partial charge on any atom is -0.467 e. The van der Waals surface area contributed by atoms with Crippen LogP contribution in [0.15, 0.2) is 41.6 Å². The topological polar surface area (TPSA) is 127 Å². The molecule has 2 atom stereocenters. The molecule has 0 saturated carbocycles. The van der Waals surface area contributed by atoms with Gasteiger partial charge >= 0.3 is 18.0 Å². The van der Waals surface area contributed by atoms with Gasteiger partial charge in [-0.2, -0.15) is 0 Å². The van der Waals surface area contributed by atoms with Gasteiger partial charge in [0.2, 0.25) is 5.54 Å². The number of rotatable bonds is 6. The highest BCUT2D eigenvalue weighted by Gasteiger charge is 2.63. The fraction of sp³-hybridized carbons (Fsp3) is 0.478. The first-order valence-corrected chi connectivity index (χ1v) is 10.5.